The average molecular weight is 234 g/mol. The van der Waals surface area contributed by atoms with E-state index in [1.165, 1.54) is 12.0 Å². The van der Waals surface area contributed by atoms with Gasteiger partial charge in [-0.25, -0.2) is 9.59 Å². The number of hydrogen-bond acceptors (Lipinski definition) is 4. The summed E-state index contributed by atoms with van der Waals surface area (Å²) in [4.78, 5) is 26.9. The van der Waals surface area contributed by atoms with Crippen molar-refractivity contribution >= 4 is 30.0 Å². The topological polar surface area (TPSA) is 83.0 Å². The summed E-state index contributed by atoms with van der Waals surface area (Å²) in [6.07, 6.45) is 1.69. The molecule has 7 nitrogen and oxygen atoms in total. The third kappa shape index (κ3) is 5.78. The molecule has 0 radical (unpaired) electrons. The lowest BCUT2D eigenvalue weighted by molar-refractivity contribution is 0.226. The minimum absolute atomic E-state index is 0.153. The fourth-order valence-corrected chi connectivity index (χ4v) is 0.763. The molecule has 0 spiro atoms. The Morgan fingerprint density at radius 1 is 1.40 bits per heavy atom. The number of nitrogens with zero attached hydrogens (tertiary/aromatic N) is 2. The first kappa shape index (κ1) is 13.6. The highest BCUT2D eigenvalue weighted by Crippen LogP contribution is 1.87. The van der Waals surface area contributed by atoms with E-state index in [4.69, 9.17) is 4.74 Å². The van der Waals surface area contributed by atoms with Crippen molar-refractivity contribution in [1.82, 2.24) is 14.9 Å². The van der Waals surface area contributed by atoms with Gasteiger partial charge >= 0.3 is 18.1 Å². The Bertz CT molecular complexity index is 267. The second kappa shape index (κ2) is 6.93. The molecule has 0 rings (SSSR count). The molecule has 2 N–H and O–H groups in total. The summed E-state index contributed by atoms with van der Waals surface area (Å²) in [5.41, 5.74) is 0. The first-order chi connectivity index (χ1) is 7.01. The maximum atomic E-state index is 11.1. The van der Waals surface area contributed by atoms with Gasteiger partial charge in [-0.2, -0.15) is 0 Å². The highest BCUT2D eigenvalue weighted by atomic mass is 32.2. The predicted molar refractivity (Wildman–Crippen MR) is 58.7 cm³/mol. The summed E-state index contributed by atoms with van der Waals surface area (Å²) in [5, 5.41) is 2.26. The van der Waals surface area contributed by atoms with Gasteiger partial charge in [-0.15, -0.1) is 4.99 Å². The molecule has 0 atom stereocenters. The molecule has 0 aliphatic carbocycles. The fraction of sp³-hybridized carbons (Fsp3) is 0.571. The zero-order chi connectivity index (χ0) is 11.8. The number of methoxy groups -OCH3 is 1. The molecule has 0 fully saturated rings. The molecule has 86 valence electrons. The van der Waals surface area contributed by atoms with Gasteiger partial charge in [-0.05, 0) is 0 Å². The Morgan fingerprint density at radius 3 is 2.40 bits per heavy atom. The number of amidine groups is 1. The predicted octanol–water partition coefficient (Wildman–Crippen LogP) is 0.248. The molecule has 0 aromatic carbocycles. The molecule has 0 bridgehead atoms. The molecule has 0 aromatic rings. The van der Waals surface area contributed by atoms with Crippen molar-refractivity contribution in [1.29, 1.82) is 0 Å². The van der Waals surface area contributed by atoms with Crippen LogP contribution in [0.1, 0.15) is 0 Å². The Kier molecular flexibility index (Phi) is 6.27. The third-order valence-electron chi connectivity index (χ3n) is 1.19. The Balaban J connectivity index is 4.36. The number of amides is 4. The first-order valence-electron chi connectivity index (χ1n) is 3.95. The lowest BCUT2D eigenvalue weighted by atomic mass is 10.8. The van der Waals surface area contributed by atoms with Crippen molar-refractivity contribution in [3.05, 3.63) is 0 Å². The molecule has 0 aromatic heterocycles. The van der Waals surface area contributed by atoms with Gasteiger partial charge in [0.15, 0.2) is 0 Å². The molecule has 8 heteroatoms. The standard InChI is InChI=1S/C7H14N4O3S/c1-11(2)7(13)9-6(14-3)8-5(12)10-15-4/h1-4H3,(H2,8,9,10,12,13). The smallest absolute Gasteiger partial charge is 0.347 e. The second-order valence-corrected chi connectivity index (χ2v) is 3.17. The van der Waals surface area contributed by atoms with E-state index in [1.54, 1.807) is 20.4 Å². The highest BCUT2D eigenvalue weighted by Gasteiger charge is 2.08. The van der Waals surface area contributed by atoms with E-state index in [0.717, 1.165) is 11.9 Å². The Labute approximate surface area is 92.4 Å². The summed E-state index contributed by atoms with van der Waals surface area (Å²) < 4.78 is 7.10. The van der Waals surface area contributed by atoms with Crippen LogP contribution in [0, 0.1) is 0 Å². The highest BCUT2D eigenvalue weighted by molar-refractivity contribution is 7.97. The van der Waals surface area contributed by atoms with Gasteiger partial charge < -0.3 is 9.64 Å². The number of hydrogen-bond donors (Lipinski definition) is 2. The lowest BCUT2D eigenvalue weighted by Gasteiger charge is -2.09. The summed E-state index contributed by atoms with van der Waals surface area (Å²) in [7, 11) is 4.39. The Hall–Kier alpha value is -1.44. The molecule has 0 saturated carbocycles. The van der Waals surface area contributed by atoms with Crippen LogP contribution in [0.25, 0.3) is 0 Å². The second-order valence-electron chi connectivity index (χ2n) is 2.56. The van der Waals surface area contributed by atoms with Crippen LogP contribution >= 0.6 is 11.9 Å². The van der Waals surface area contributed by atoms with E-state index in [-0.39, 0.29) is 6.02 Å². The van der Waals surface area contributed by atoms with Crippen LogP contribution in [0.3, 0.4) is 0 Å². The zero-order valence-corrected chi connectivity index (χ0v) is 9.84. The number of rotatable bonds is 1. The first-order valence-corrected chi connectivity index (χ1v) is 5.17. The van der Waals surface area contributed by atoms with E-state index in [1.807, 2.05) is 0 Å². The molecule has 15 heavy (non-hydrogen) atoms. The van der Waals surface area contributed by atoms with Crippen molar-refractivity contribution < 1.29 is 14.3 Å². The fourth-order valence-electron chi connectivity index (χ4n) is 0.527. The third-order valence-corrected chi connectivity index (χ3v) is 1.58. The largest absolute Gasteiger partial charge is 0.468 e. The number of ether oxygens (including phenoxy) is 1. The molecule has 0 unspecified atom stereocenters. The molecular formula is C7H14N4O3S. The van der Waals surface area contributed by atoms with Crippen LogP contribution in [0.4, 0.5) is 9.59 Å². The van der Waals surface area contributed by atoms with Gasteiger partial charge in [0, 0.05) is 20.4 Å². The number of aliphatic imine (C=N–C) groups is 1. The van der Waals surface area contributed by atoms with Gasteiger partial charge in [-0.3, -0.25) is 10.0 Å². The van der Waals surface area contributed by atoms with Crippen molar-refractivity contribution in [2.24, 2.45) is 4.99 Å². The number of nitrogens with one attached hydrogen (secondary N) is 2. The van der Waals surface area contributed by atoms with E-state index in [0.29, 0.717) is 0 Å². The van der Waals surface area contributed by atoms with Gasteiger partial charge in [-0.1, -0.05) is 11.9 Å². The van der Waals surface area contributed by atoms with E-state index >= 15 is 0 Å². The van der Waals surface area contributed by atoms with Crippen molar-refractivity contribution in [3.63, 3.8) is 0 Å². The van der Waals surface area contributed by atoms with Crippen LogP contribution < -0.4 is 10.0 Å². The van der Waals surface area contributed by atoms with Crippen molar-refractivity contribution in [2.75, 3.05) is 27.5 Å². The van der Waals surface area contributed by atoms with E-state index in [9.17, 15) is 9.59 Å². The summed E-state index contributed by atoms with van der Waals surface area (Å²) >= 11 is 1.12. The molecule has 0 aliphatic rings. The molecule has 0 saturated heterocycles. The van der Waals surface area contributed by atoms with Crippen molar-refractivity contribution in [3.8, 4) is 0 Å². The van der Waals surface area contributed by atoms with Crippen molar-refractivity contribution in [2.45, 2.75) is 0 Å². The zero-order valence-electron chi connectivity index (χ0n) is 9.03. The average Bonchev–Trinajstić information content (AvgIpc) is 2.16. The van der Waals surface area contributed by atoms with Gasteiger partial charge in [0.25, 0.3) is 0 Å². The summed E-state index contributed by atoms with van der Waals surface area (Å²) in [6, 6.07) is -1.17. The monoisotopic (exact) mass is 234 g/mol. The van der Waals surface area contributed by atoms with E-state index < -0.39 is 12.1 Å². The number of urea groups is 2. The van der Waals surface area contributed by atoms with E-state index in [2.05, 4.69) is 15.0 Å². The number of carbonyl (C=O) groups excluding carboxylic acids is 2. The Morgan fingerprint density at radius 2 is 2.00 bits per heavy atom. The normalized spacial score (nSPS) is 10.5. The molecule has 0 heterocycles. The summed E-state index contributed by atoms with van der Waals surface area (Å²) in [6.45, 7) is 0. The molecule has 0 aliphatic heterocycles. The SMILES string of the molecule is COC(=NC(=O)N(C)C)NC(=O)NSC. The van der Waals surface area contributed by atoms with Gasteiger partial charge in [0.1, 0.15) is 0 Å². The summed E-state index contributed by atoms with van der Waals surface area (Å²) in [5.74, 6) is 0. The lowest BCUT2D eigenvalue weighted by Crippen LogP contribution is -2.38. The van der Waals surface area contributed by atoms with Crippen LogP contribution in [0.2, 0.25) is 0 Å². The number of carbonyl (C=O) groups is 2. The molecular weight excluding hydrogens is 220 g/mol. The molecule has 4 amide bonds. The quantitative estimate of drug-likeness (QED) is 0.387. The minimum atomic E-state index is -0.517. The van der Waals surface area contributed by atoms with Crippen LogP contribution in [0.5, 0.6) is 0 Å². The van der Waals surface area contributed by atoms with Gasteiger partial charge in [0.05, 0.1) is 7.11 Å². The van der Waals surface area contributed by atoms with Crippen LogP contribution in [0.15, 0.2) is 4.99 Å². The minimum Gasteiger partial charge on any atom is -0.468 e. The maximum absolute atomic E-state index is 11.1. The van der Waals surface area contributed by atoms with Crippen LogP contribution in [-0.4, -0.2) is 50.4 Å². The maximum Gasteiger partial charge on any atom is 0.347 e. The van der Waals surface area contributed by atoms with Crippen LogP contribution in [-0.2, 0) is 4.74 Å². The van der Waals surface area contributed by atoms with Gasteiger partial charge in [0.2, 0.25) is 0 Å².